The van der Waals surface area contributed by atoms with Gasteiger partial charge in [0.1, 0.15) is 4.83 Å². The Kier molecular flexibility index (Phi) is 1.77. The number of rotatable bonds is 0. The van der Waals surface area contributed by atoms with Crippen molar-refractivity contribution < 1.29 is 0 Å². The van der Waals surface area contributed by atoms with E-state index in [1.807, 2.05) is 6.92 Å². The smallest absolute Gasteiger partial charge is 0.223 e. The number of nitrogens with zero attached hydrogens (tertiary/aromatic N) is 2. The predicted octanol–water partition coefficient (Wildman–Crippen LogP) is 2.96. The first-order valence-corrected chi connectivity index (χ1v) is 4.76. The molecule has 0 aliphatic rings. The van der Waals surface area contributed by atoms with E-state index in [0.717, 1.165) is 15.9 Å². The maximum absolute atomic E-state index is 5.72. The van der Waals surface area contributed by atoms with Gasteiger partial charge in [-0.3, -0.25) is 0 Å². The lowest BCUT2D eigenvalue weighted by Gasteiger charge is -1.93. The highest BCUT2D eigenvalue weighted by molar-refractivity contribution is 7.18. The van der Waals surface area contributed by atoms with Crippen LogP contribution in [0.15, 0.2) is 6.07 Å². The van der Waals surface area contributed by atoms with Gasteiger partial charge < -0.3 is 0 Å². The van der Waals surface area contributed by atoms with Gasteiger partial charge in [0.05, 0.1) is 5.69 Å². The van der Waals surface area contributed by atoms with E-state index in [4.69, 9.17) is 11.6 Å². The van der Waals surface area contributed by atoms with Crippen LogP contribution in [0.5, 0.6) is 0 Å². The summed E-state index contributed by atoms with van der Waals surface area (Å²) in [7, 11) is 0. The topological polar surface area (TPSA) is 25.8 Å². The molecule has 2 aromatic heterocycles. The van der Waals surface area contributed by atoms with Gasteiger partial charge in [-0.25, -0.2) is 9.97 Å². The third-order valence-corrected chi connectivity index (χ3v) is 2.79. The Bertz CT molecular complexity index is 436. The molecular formula is C8H7ClN2S. The van der Waals surface area contributed by atoms with Crippen molar-refractivity contribution in [1.82, 2.24) is 9.97 Å². The van der Waals surface area contributed by atoms with E-state index in [-0.39, 0.29) is 0 Å². The SMILES string of the molecule is Cc1cc2c(C)nc(Cl)nc2s1. The summed E-state index contributed by atoms with van der Waals surface area (Å²) in [5.74, 6) is 0. The molecule has 0 aliphatic carbocycles. The second-order valence-corrected chi connectivity index (χ2v) is 4.23. The molecule has 2 heterocycles. The lowest BCUT2D eigenvalue weighted by Crippen LogP contribution is -1.85. The summed E-state index contributed by atoms with van der Waals surface area (Å²) in [6.45, 7) is 4.00. The van der Waals surface area contributed by atoms with E-state index >= 15 is 0 Å². The van der Waals surface area contributed by atoms with Crippen LogP contribution in [-0.2, 0) is 0 Å². The van der Waals surface area contributed by atoms with Crippen LogP contribution in [0.2, 0.25) is 5.28 Å². The second kappa shape index (κ2) is 2.68. The summed E-state index contributed by atoms with van der Waals surface area (Å²) in [4.78, 5) is 10.4. The lowest BCUT2D eigenvalue weighted by atomic mass is 10.3. The Labute approximate surface area is 79.2 Å². The van der Waals surface area contributed by atoms with E-state index in [1.54, 1.807) is 11.3 Å². The zero-order valence-corrected chi connectivity index (χ0v) is 8.33. The molecule has 0 radical (unpaired) electrons. The second-order valence-electron chi connectivity index (χ2n) is 2.65. The Balaban J connectivity index is 2.88. The van der Waals surface area contributed by atoms with Gasteiger partial charge in [-0.05, 0) is 31.5 Å². The predicted molar refractivity (Wildman–Crippen MR) is 51.9 cm³/mol. The minimum atomic E-state index is 0.335. The molecule has 62 valence electrons. The van der Waals surface area contributed by atoms with Crippen LogP contribution in [0.25, 0.3) is 10.2 Å². The highest BCUT2D eigenvalue weighted by atomic mass is 35.5. The van der Waals surface area contributed by atoms with E-state index in [2.05, 4.69) is 23.0 Å². The highest BCUT2D eigenvalue weighted by Gasteiger charge is 2.05. The number of aryl methyl sites for hydroxylation is 2. The number of thiophene rings is 1. The first-order chi connectivity index (χ1) is 5.66. The van der Waals surface area contributed by atoms with Gasteiger partial charge >= 0.3 is 0 Å². The maximum Gasteiger partial charge on any atom is 0.223 e. The molecule has 2 aromatic rings. The Morgan fingerprint density at radius 3 is 2.83 bits per heavy atom. The number of fused-ring (bicyclic) bond motifs is 1. The van der Waals surface area contributed by atoms with Crippen molar-refractivity contribution in [2.24, 2.45) is 0 Å². The Hall–Kier alpha value is -0.670. The van der Waals surface area contributed by atoms with Gasteiger partial charge in [0.15, 0.2) is 0 Å². The number of aromatic nitrogens is 2. The van der Waals surface area contributed by atoms with Crippen molar-refractivity contribution in [2.75, 3.05) is 0 Å². The average Bonchev–Trinajstić information content (AvgIpc) is 2.29. The monoisotopic (exact) mass is 198 g/mol. The fourth-order valence-electron chi connectivity index (χ4n) is 1.15. The van der Waals surface area contributed by atoms with E-state index in [1.165, 1.54) is 4.88 Å². The van der Waals surface area contributed by atoms with Crippen LogP contribution in [0.1, 0.15) is 10.6 Å². The minimum absolute atomic E-state index is 0.335. The van der Waals surface area contributed by atoms with Crippen LogP contribution in [0.3, 0.4) is 0 Å². The van der Waals surface area contributed by atoms with Crippen molar-refractivity contribution in [2.45, 2.75) is 13.8 Å². The molecule has 0 amide bonds. The van der Waals surface area contributed by atoms with E-state index < -0.39 is 0 Å². The molecule has 0 aliphatic heterocycles. The molecule has 2 nitrogen and oxygen atoms in total. The van der Waals surface area contributed by atoms with Crippen molar-refractivity contribution in [3.8, 4) is 0 Å². The Morgan fingerprint density at radius 1 is 1.33 bits per heavy atom. The fourth-order valence-corrected chi connectivity index (χ4v) is 2.34. The molecular weight excluding hydrogens is 192 g/mol. The highest BCUT2D eigenvalue weighted by Crippen LogP contribution is 2.25. The molecule has 0 spiro atoms. The molecule has 0 bridgehead atoms. The average molecular weight is 199 g/mol. The number of halogens is 1. The maximum atomic E-state index is 5.72. The van der Waals surface area contributed by atoms with E-state index in [0.29, 0.717) is 5.28 Å². The summed E-state index contributed by atoms with van der Waals surface area (Å²) in [5.41, 5.74) is 0.953. The normalized spacial score (nSPS) is 10.9. The molecule has 0 atom stereocenters. The lowest BCUT2D eigenvalue weighted by molar-refractivity contribution is 1.16. The standard InChI is InChI=1S/C8H7ClN2S/c1-4-3-6-5(2)10-8(9)11-7(6)12-4/h3H,1-2H3. The van der Waals surface area contributed by atoms with Gasteiger partial charge in [0, 0.05) is 10.3 Å². The molecule has 0 unspecified atom stereocenters. The zero-order valence-electron chi connectivity index (χ0n) is 6.76. The van der Waals surface area contributed by atoms with Crippen molar-refractivity contribution in [3.63, 3.8) is 0 Å². The molecule has 0 saturated heterocycles. The summed E-state index contributed by atoms with van der Waals surface area (Å²) < 4.78 is 0. The van der Waals surface area contributed by atoms with Crippen LogP contribution >= 0.6 is 22.9 Å². The fraction of sp³-hybridized carbons (Fsp3) is 0.250. The molecule has 0 fully saturated rings. The Morgan fingerprint density at radius 2 is 2.08 bits per heavy atom. The van der Waals surface area contributed by atoms with Gasteiger partial charge in [-0.15, -0.1) is 11.3 Å². The summed E-state index contributed by atoms with van der Waals surface area (Å²) in [6, 6.07) is 2.09. The van der Waals surface area contributed by atoms with Gasteiger partial charge in [-0.1, -0.05) is 0 Å². The van der Waals surface area contributed by atoms with Crippen molar-refractivity contribution in [1.29, 1.82) is 0 Å². The van der Waals surface area contributed by atoms with Crippen LogP contribution in [0, 0.1) is 13.8 Å². The van der Waals surface area contributed by atoms with E-state index in [9.17, 15) is 0 Å². The van der Waals surface area contributed by atoms with Crippen LogP contribution < -0.4 is 0 Å². The molecule has 4 heteroatoms. The van der Waals surface area contributed by atoms with Gasteiger partial charge in [-0.2, -0.15) is 0 Å². The van der Waals surface area contributed by atoms with Crippen LogP contribution in [0.4, 0.5) is 0 Å². The number of hydrogen-bond donors (Lipinski definition) is 0. The molecule has 0 saturated carbocycles. The summed E-state index contributed by atoms with van der Waals surface area (Å²) in [6.07, 6.45) is 0. The molecule has 0 N–H and O–H groups in total. The van der Waals surface area contributed by atoms with Crippen molar-refractivity contribution >= 4 is 33.2 Å². The molecule has 0 aromatic carbocycles. The number of hydrogen-bond acceptors (Lipinski definition) is 3. The first-order valence-electron chi connectivity index (χ1n) is 3.57. The third kappa shape index (κ3) is 1.19. The minimum Gasteiger partial charge on any atom is -0.223 e. The molecule has 2 rings (SSSR count). The quantitative estimate of drug-likeness (QED) is 0.609. The van der Waals surface area contributed by atoms with Crippen LogP contribution in [-0.4, -0.2) is 9.97 Å². The largest absolute Gasteiger partial charge is 0.223 e. The first kappa shape index (κ1) is 7.95. The van der Waals surface area contributed by atoms with Crippen molar-refractivity contribution in [3.05, 3.63) is 21.9 Å². The summed E-state index contributed by atoms with van der Waals surface area (Å²) in [5, 5.41) is 1.45. The zero-order chi connectivity index (χ0) is 8.72. The van der Waals surface area contributed by atoms with Gasteiger partial charge in [0.25, 0.3) is 0 Å². The van der Waals surface area contributed by atoms with Gasteiger partial charge in [0.2, 0.25) is 5.28 Å². The molecule has 12 heavy (non-hydrogen) atoms. The third-order valence-electron chi connectivity index (χ3n) is 1.68. The summed E-state index contributed by atoms with van der Waals surface area (Å²) >= 11 is 7.36.